The van der Waals surface area contributed by atoms with Crippen LogP contribution >= 0.6 is 0 Å². The van der Waals surface area contributed by atoms with Crippen LogP contribution in [0.25, 0.3) is 0 Å². The predicted octanol–water partition coefficient (Wildman–Crippen LogP) is 0.692. The van der Waals surface area contributed by atoms with Gasteiger partial charge in [0.15, 0.2) is 0 Å². The number of nitrogens with zero attached hydrogens (tertiary/aromatic N) is 4. The van der Waals surface area contributed by atoms with Gasteiger partial charge in [-0.05, 0) is 35.8 Å². The second kappa shape index (κ2) is 4.70. The molecule has 0 bridgehead atoms. The van der Waals surface area contributed by atoms with Crippen LogP contribution < -0.4 is 5.32 Å². The molecule has 1 fully saturated rings. The lowest BCUT2D eigenvalue weighted by Crippen LogP contribution is -2.20. The Labute approximate surface area is 99.6 Å². The van der Waals surface area contributed by atoms with Crippen molar-refractivity contribution in [1.82, 2.24) is 14.5 Å². The lowest BCUT2D eigenvalue weighted by atomic mass is 10.1. The summed E-state index contributed by atoms with van der Waals surface area (Å²) in [6.07, 6.45) is 2.59. The van der Waals surface area contributed by atoms with Gasteiger partial charge in [0.1, 0.15) is 0 Å². The van der Waals surface area contributed by atoms with Crippen LogP contribution in [0.1, 0.15) is 6.42 Å². The molecular weight excluding hydrogens is 222 g/mol. The lowest BCUT2D eigenvalue weighted by molar-refractivity contribution is -0.388. The van der Waals surface area contributed by atoms with E-state index in [0.717, 1.165) is 26.1 Å². The first-order valence-corrected chi connectivity index (χ1v) is 5.66. The van der Waals surface area contributed by atoms with Crippen LogP contribution in [0.2, 0.25) is 0 Å². The SMILES string of the molecule is CN1CCC(CNc2c([N+](=O)[O-])ncn2C)C1. The Morgan fingerprint density at radius 2 is 2.41 bits per heavy atom. The summed E-state index contributed by atoms with van der Waals surface area (Å²) < 4.78 is 1.65. The number of rotatable bonds is 4. The molecule has 1 aliphatic heterocycles. The van der Waals surface area contributed by atoms with Crippen molar-refractivity contribution in [2.24, 2.45) is 13.0 Å². The minimum Gasteiger partial charge on any atom is -0.364 e. The minimum absolute atomic E-state index is 0.0983. The van der Waals surface area contributed by atoms with E-state index < -0.39 is 4.92 Å². The number of aromatic nitrogens is 2. The fraction of sp³-hybridized carbons (Fsp3) is 0.700. The average molecular weight is 239 g/mol. The van der Waals surface area contributed by atoms with Crippen molar-refractivity contribution < 1.29 is 4.92 Å². The molecule has 7 nitrogen and oxygen atoms in total. The highest BCUT2D eigenvalue weighted by Crippen LogP contribution is 2.22. The van der Waals surface area contributed by atoms with E-state index in [2.05, 4.69) is 22.2 Å². The summed E-state index contributed by atoms with van der Waals surface area (Å²) in [5.74, 6) is 0.943. The fourth-order valence-corrected chi connectivity index (χ4v) is 2.19. The first-order chi connectivity index (χ1) is 8.08. The third-order valence-corrected chi connectivity index (χ3v) is 3.14. The van der Waals surface area contributed by atoms with E-state index in [9.17, 15) is 10.1 Å². The van der Waals surface area contributed by atoms with Crippen molar-refractivity contribution in [3.8, 4) is 0 Å². The molecule has 1 saturated heterocycles. The molecule has 1 N–H and O–H groups in total. The molecule has 0 saturated carbocycles. The van der Waals surface area contributed by atoms with Crippen LogP contribution in [-0.2, 0) is 7.05 Å². The second-order valence-electron chi connectivity index (χ2n) is 4.58. The van der Waals surface area contributed by atoms with Crippen molar-refractivity contribution in [2.75, 3.05) is 32.0 Å². The summed E-state index contributed by atoms with van der Waals surface area (Å²) in [7, 11) is 3.84. The highest BCUT2D eigenvalue weighted by atomic mass is 16.6. The number of hydrogen-bond donors (Lipinski definition) is 1. The minimum atomic E-state index is -0.455. The summed E-state index contributed by atoms with van der Waals surface area (Å²) in [4.78, 5) is 16.3. The number of aryl methyl sites for hydroxylation is 1. The first-order valence-electron chi connectivity index (χ1n) is 5.66. The summed E-state index contributed by atoms with van der Waals surface area (Å²) in [6.45, 7) is 2.89. The van der Waals surface area contributed by atoms with E-state index in [1.807, 2.05) is 0 Å². The topological polar surface area (TPSA) is 76.2 Å². The molecular formula is C10H17N5O2. The van der Waals surface area contributed by atoms with E-state index in [1.54, 1.807) is 11.6 Å². The number of nitro groups is 1. The number of likely N-dealkylation sites (tertiary alicyclic amines) is 1. The smallest absolute Gasteiger partial charge is 0.364 e. The third kappa shape index (κ3) is 2.55. The summed E-state index contributed by atoms with van der Waals surface area (Å²) in [6, 6.07) is 0. The zero-order valence-corrected chi connectivity index (χ0v) is 10.1. The molecule has 0 spiro atoms. The Morgan fingerprint density at radius 1 is 1.65 bits per heavy atom. The zero-order chi connectivity index (χ0) is 12.4. The summed E-state index contributed by atoms with van der Waals surface area (Å²) >= 11 is 0. The Bertz CT molecular complexity index is 417. The molecule has 1 unspecified atom stereocenters. The fourth-order valence-electron chi connectivity index (χ4n) is 2.19. The average Bonchev–Trinajstić information content (AvgIpc) is 2.82. The first kappa shape index (κ1) is 11.8. The highest BCUT2D eigenvalue weighted by molar-refractivity contribution is 5.51. The van der Waals surface area contributed by atoms with Crippen molar-refractivity contribution in [3.05, 3.63) is 16.4 Å². The second-order valence-corrected chi connectivity index (χ2v) is 4.58. The van der Waals surface area contributed by atoms with Crippen molar-refractivity contribution in [3.63, 3.8) is 0 Å². The Balaban J connectivity index is 1.99. The van der Waals surface area contributed by atoms with E-state index in [1.165, 1.54) is 6.33 Å². The maximum Gasteiger partial charge on any atom is 0.406 e. The molecule has 1 aliphatic rings. The van der Waals surface area contributed by atoms with Gasteiger partial charge in [-0.3, -0.25) is 4.57 Å². The number of anilines is 1. The van der Waals surface area contributed by atoms with Gasteiger partial charge in [-0.25, -0.2) is 0 Å². The van der Waals surface area contributed by atoms with Gasteiger partial charge in [-0.2, -0.15) is 0 Å². The predicted molar refractivity (Wildman–Crippen MR) is 64.0 cm³/mol. The molecule has 94 valence electrons. The summed E-state index contributed by atoms with van der Waals surface area (Å²) in [5, 5.41) is 13.9. The molecule has 0 radical (unpaired) electrons. The van der Waals surface area contributed by atoms with Gasteiger partial charge in [-0.15, -0.1) is 0 Å². The van der Waals surface area contributed by atoms with Crippen molar-refractivity contribution in [1.29, 1.82) is 0 Å². The third-order valence-electron chi connectivity index (χ3n) is 3.14. The molecule has 0 aromatic carbocycles. The number of nitrogens with one attached hydrogen (secondary N) is 1. The van der Waals surface area contributed by atoms with Crippen LogP contribution in [-0.4, -0.2) is 46.1 Å². The molecule has 7 heteroatoms. The zero-order valence-electron chi connectivity index (χ0n) is 10.1. The van der Waals surface area contributed by atoms with Crippen molar-refractivity contribution >= 4 is 11.6 Å². The van der Waals surface area contributed by atoms with E-state index in [0.29, 0.717) is 11.7 Å². The maximum absolute atomic E-state index is 10.8. The standard InChI is InChI=1S/C10H17N5O2/c1-13-4-3-8(6-13)5-11-9-10(15(16)17)12-7-14(9)2/h7-8,11H,3-6H2,1-2H3. The van der Waals surface area contributed by atoms with Gasteiger partial charge >= 0.3 is 5.82 Å². The Kier molecular flexibility index (Phi) is 3.28. The summed E-state index contributed by atoms with van der Waals surface area (Å²) in [5.41, 5.74) is 0. The van der Waals surface area contributed by atoms with Gasteiger partial charge in [0.25, 0.3) is 0 Å². The van der Waals surface area contributed by atoms with Gasteiger partial charge < -0.3 is 20.3 Å². The maximum atomic E-state index is 10.8. The van der Waals surface area contributed by atoms with Gasteiger partial charge in [0.05, 0.1) is 0 Å². The van der Waals surface area contributed by atoms with Crippen molar-refractivity contribution in [2.45, 2.75) is 6.42 Å². The van der Waals surface area contributed by atoms with Crippen LogP contribution in [0.4, 0.5) is 11.6 Å². The van der Waals surface area contributed by atoms with E-state index >= 15 is 0 Å². The Hall–Kier alpha value is -1.63. The molecule has 17 heavy (non-hydrogen) atoms. The molecule has 2 rings (SSSR count). The van der Waals surface area contributed by atoms with E-state index in [4.69, 9.17) is 0 Å². The van der Waals surface area contributed by atoms with E-state index in [-0.39, 0.29) is 5.82 Å². The van der Waals surface area contributed by atoms with Crippen LogP contribution in [0.15, 0.2) is 6.33 Å². The number of imidazole rings is 1. The molecule has 1 aromatic rings. The van der Waals surface area contributed by atoms with Crippen LogP contribution in [0, 0.1) is 16.0 Å². The van der Waals surface area contributed by atoms with Gasteiger partial charge in [0.2, 0.25) is 12.1 Å². The number of hydrogen-bond acceptors (Lipinski definition) is 5. The molecule has 0 aliphatic carbocycles. The molecule has 1 atom stereocenters. The monoisotopic (exact) mass is 239 g/mol. The largest absolute Gasteiger partial charge is 0.406 e. The van der Waals surface area contributed by atoms with Gasteiger partial charge in [-0.1, -0.05) is 0 Å². The quantitative estimate of drug-likeness (QED) is 0.618. The van der Waals surface area contributed by atoms with Crippen LogP contribution in [0.3, 0.4) is 0 Å². The lowest BCUT2D eigenvalue weighted by Gasteiger charge is -2.12. The van der Waals surface area contributed by atoms with Crippen LogP contribution in [0.5, 0.6) is 0 Å². The highest BCUT2D eigenvalue weighted by Gasteiger charge is 2.23. The normalized spacial score (nSPS) is 20.7. The molecule has 2 heterocycles. The Morgan fingerprint density at radius 3 is 3.00 bits per heavy atom. The van der Waals surface area contributed by atoms with Gasteiger partial charge in [0, 0.05) is 20.1 Å². The molecule has 0 amide bonds. The molecule has 1 aromatic heterocycles.